The number of nitrogens with one attached hydrogen (secondary N) is 1. The van der Waals surface area contributed by atoms with Gasteiger partial charge in [-0.05, 0) is 30.3 Å². The minimum Gasteiger partial charge on any atom is -0.360 e. The number of pyridine rings is 1. The number of halogens is 3. The van der Waals surface area contributed by atoms with Gasteiger partial charge in [0.1, 0.15) is 5.01 Å². The molecule has 0 spiro atoms. The predicted octanol–water partition coefficient (Wildman–Crippen LogP) is 4.82. The third-order valence-corrected chi connectivity index (χ3v) is 4.80. The Bertz CT molecular complexity index is 1100. The molecule has 0 saturated heterocycles. The molecule has 120 valence electrons. The number of aromatic amines is 1. The third-order valence-electron chi connectivity index (χ3n) is 3.73. The number of thiazole rings is 1. The van der Waals surface area contributed by atoms with E-state index >= 15 is 0 Å². The van der Waals surface area contributed by atoms with E-state index in [-0.39, 0.29) is 10.9 Å². The fourth-order valence-electron chi connectivity index (χ4n) is 2.54. The van der Waals surface area contributed by atoms with Crippen LogP contribution in [0, 0.1) is 0 Å². The molecule has 0 aliphatic rings. The average Bonchev–Trinajstić information content (AvgIpc) is 2.97. The van der Waals surface area contributed by atoms with Crippen LogP contribution in [0.25, 0.3) is 31.7 Å². The largest absolute Gasteiger partial charge is 0.416 e. The van der Waals surface area contributed by atoms with Crippen LogP contribution in [0.15, 0.2) is 53.5 Å². The number of rotatable bonds is 1. The van der Waals surface area contributed by atoms with Gasteiger partial charge in [-0.1, -0.05) is 12.1 Å². The van der Waals surface area contributed by atoms with Gasteiger partial charge in [0, 0.05) is 17.1 Å². The van der Waals surface area contributed by atoms with Gasteiger partial charge in [0.05, 0.1) is 21.3 Å². The Morgan fingerprint density at radius 2 is 1.88 bits per heavy atom. The first kappa shape index (κ1) is 14.9. The Morgan fingerprint density at radius 1 is 1.08 bits per heavy atom. The molecule has 4 rings (SSSR count). The molecular weight excluding hydrogens is 337 g/mol. The van der Waals surface area contributed by atoms with Crippen LogP contribution in [0.3, 0.4) is 0 Å². The van der Waals surface area contributed by atoms with Crippen molar-refractivity contribution in [3.8, 4) is 10.6 Å². The maximum atomic E-state index is 12.9. The van der Waals surface area contributed by atoms with Gasteiger partial charge in [0.25, 0.3) is 0 Å². The van der Waals surface area contributed by atoms with Crippen molar-refractivity contribution in [1.29, 1.82) is 0 Å². The van der Waals surface area contributed by atoms with E-state index in [0.29, 0.717) is 10.5 Å². The van der Waals surface area contributed by atoms with Crippen LogP contribution in [0.4, 0.5) is 13.2 Å². The summed E-state index contributed by atoms with van der Waals surface area (Å²) in [6.45, 7) is 0. The van der Waals surface area contributed by atoms with Gasteiger partial charge in [0.2, 0.25) is 0 Å². The lowest BCUT2D eigenvalue weighted by Gasteiger charge is -2.08. The lowest BCUT2D eigenvalue weighted by Crippen LogP contribution is -2.10. The molecule has 2 aromatic heterocycles. The minimum atomic E-state index is -4.49. The van der Waals surface area contributed by atoms with E-state index in [2.05, 4.69) is 9.97 Å². The Labute approximate surface area is 137 Å². The second kappa shape index (κ2) is 5.17. The van der Waals surface area contributed by atoms with Gasteiger partial charge in [-0.3, -0.25) is 4.79 Å². The Kier molecular flexibility index (Phi) is 3.21. The molecule has 2 heterocycles. The summed E-state index contributed by atoms with van der Waals surface area (Å²) in [5.41, 5.74) is 0.0674. The van der Waals surface area contributed by atoms with Crippen LogP contribution < -0.4 is 5.43 Å². The number of hydrogen-bond donors (Lipinski definition) is 1. The number of para-hydroxylation sites is 1. The zero-order valence-electron chi connectivity index (χ0n) is 12.0. The number of nitrogens with zero attached hydrogens (tertiary/aromatic N) is 1. The number of hydrogen-bond acceptors (Lipinski definition) is 3. The van der Waals surface area contributed by atoms with E-state index in [1.165, 1.54) is 23.6 Å². The van der Waals surface area contributed by atoms with Gasteiger partial charge in [-0.2, -0.15) is 13.2 Å². The highest BCUT2D eigenvalue weighted by atomic mass is 32.1. The summed E-state index contributed by atoms with van der Waals surface area (Å²) in [4.78, 5) is 19.9. The van der Waals surface area contributed by atoms with Crippen LogP contribution in [0.1, 0.15) is 5.56 Å². The first-order chi connectivity index (χ1) is 11.4. The first-order valence-electron chi connectivity index (χ1n) is 7.02. The molecule has 0 aliphatic carbocycles. The zero-order valence-corrected chi connectivity index (χ0v) is 12.8. The Hall–Kier alpha value is -2.67. The van der Waals surface area contributed by atoms with E-state index in [4.69, 9.17) is 0 Å². The van der Waals surface area contributed by atoms with Crippen molar-refractivity contribution >= 4 is 32.5 Å². The van der Waals surface area contributed by atoms with Crippen molar-refractivity contribution in [2.45, 2.75) is 6.18 Å². The zero-order chi connectivity index (χ0) is 16.9. The average molecular weight is 346 g/mol. The molecule has 3 nitrogen and oxygen atoms in total. The molecule has 0 fully saturated rings. The van der Waals surface area contributed by atoms with Crippen LogP contribution >= 0.6 is 11.3 Å². The van der Waals surface area contributed by atoms with Crippen molar-refractivity contribution in [2.75, 3.05) is 0 Å². The monoisotopic (exact) mass is 346 g/mol. The summed E-state index contributed by atoms with van der Waals surface area (Å²) in [5.74, 6) is 0. The predicted molar refractivity (Wildman–Crippen MR) is 88.2 cm³/mol. The van der Waals surface area contributed by atoms with Gasteiger partial charge in [-0.25, -0.2) is 4.98 Å². The van der Waals surface area contributed by atoms with Crippen molar-refractivity contribution in [3.63, 3.8) is 0 Å². The number of H-pyrrole nitrogens is 1. The summed E-state index contributed by atoms with van der Waals surface area (Å²) in [6, 6.07) is 10.5. The SMILES string of the molecule is O=c1c(-c2nc3ccccc3s2)c[nH]c2ccc(C(F)(F)F)cc12. The molecule has 0 bridgehead atoms. The van der Waals surface area contributed by atoms with E-state index < -0.39 is 17.2 Å². The summed E-state index contributed by atoms with van der Waals surface area (Å²) >= 11 is 1.33. The highest BCUT2D eigenvalue weighted by molar-refractivity contribution is 7.21. The fraction of sp³-hybridized carbons (Fsp3) is 0.0588. The molecule has 4 aromatic rings. The van der Waals surface area contributed by atoms with Gasteiger partial charge in [-0.15, -0.1) is 11.3 Å². The standard InChI is InChI=1S/C17H9F3N2OS/c18-17(19,20)9-5-6-12-10(7-9)15(23)11(8-21-12)16-22-13-3-1-2-4-14(13)24-16/h1-8H,(H,21,23). The Morgan fingerprint density at radius 3 is 2.62 bits per heavy atom. The fourth-order valence-corrected chi connectivity index (χ4v) is 3.52. The van der Waals surface area contributed by atoms with Crippen molar-refractivity contribution in [3.05, 3.63) is 64.4 Å². The highest BCUT2D eigenvalue weighted by Gasteiger charge is 2.30. The number of alkyl halides is 3. The van der Waals surface area contributed by atoms with Crippen molar-refractivity contribution in [2.24, 2.45) is 0 Å². The molecule has 7 heteroatoms. The molecule has 1 N–H and O–H groups in total. The smallest absolute Gasteiger partial charge is 0.360 e. The maximum Gasteiger partial charge on any atom is 0.416 e. The van der Waals surface area contributed by atoms with Crippen LogP contribution in [-0.2, 0) is 6.18 Å². The van der Waals surface area contributed by atoms with Crippen LogP contribution in [-0.4, -0.2) is 9.97 Å². The molecular formula is C17H9F3N2OS. The quantitative estimate of drug-likeness (QED) is 0.537. The second-order valence-corrected chi connectivity index (χ2v) is 6.31. The molecule has 0 radical (unpaired) electrons. The summed E-state index contributed by atoms with van der Waals surface area (Å²) in [7, 11) is 0. The van der Waals surface area contributed by atoms with Crippen molar-refractivity contribution < 1.29 is 13.2 Å². The summed E-state index contributed by atoms with van der Waals surface area (Å²) in [5, 5.41) is 0.485. The molecule has 0 saturated carbocycles. The lowest BCUT2D eigenvalue weighted by atomic mass is 10.1. The molecule has 0 unspecified atom stereocenters. The molecule has 2 aromatic carbocycles. The van der Waals surface area contributed by atoms with E-state index in [1.54, 1.807) is 0 Å². The number of benzene rings is 2. The second-order valence-electron chi connectivity index (χ2n) is 5.28. The molecule has 0 amide bonds. The molecule has 0 aliphatic heterocycles. The number of fused-ring (bicyclic) bond motifs is 2. The maximum absolute atomic E-state index is 12.9. The molecule has 0 atom stereocenters. The van der Waals surface area contributed by atoms with Crippen LogP contribution in [0.5, 0.6) is 0 Å². The van der Waals surface area contributed by atoms with E-state index in [0.717, 1.165) is 22.3 Å². The third kappa shape index (κ3) is 2.37. The van der Waals surface area contributed by atoms with Gasteiger partial charge >= 0.3 is 6.18 Å². The van der Waals surface area contributed by atoms with Gasteiger partial charge < -0.3 is 4.98 Å². The minimum absolute atomic E-state index is 0.00146. The molecule has 24 heavy (non-hydrogen) atoms. The lowest BCUT2D eigenvalue weighted by molar-refractivity contribution is -0.137. The van der Waals surface area contributed by atoms with E-state index in [1.807, 2.05) is 24.3 Å². The summed E-state index contributed by atoms with van der Waals surface area (Å²) in [6.07, 6.45) is -3.00. The van der Waals surface area contributed by atoms with Gasteiger partial charge in [0.15, 0.2) is 5.43 Å². The number of aromatic nitrogens is 2. The summed E-state index contributed by atoms with van der Waals surface area (Å²) < 4.78 is 39.6. The Balaban J connectivity index is 1.96. The highest BCUT2D eigenvalue weighted by Crippen LogP contribution is 2.32. The topological polar surface area (TPSA) is 45.8 Å². The van der Waals surface area contributed by atoms with Crippen molar-refractivity contribution in [1.82, 2.24) is 9.97 Å². The van der Waals surface area contributed by atoms with E-state index in [9.17, 15) is 18.0 Å². The first-order valence-corrected chi connectivity index (χ1v) is 7.84. The van der Waals surface area contributed by atoms with Crippen LogP contribution in [0.2, 0.25) is 0 Å². The normalized spacial score (nSPS) is 12.1.